The summed E-state index contributed by atoms with van der Waals surface area (Å²) in [6, 6.07) is 7.37. The molecule has 0 aliphatic carbocycles. The van der Waals surface area contributed by atoms with Crippen molar-refractivity contribution in [3.05, 3.63) is 35.9 Å². The molecule has 0 bridgehead atoms. The second kappa shape index (κ2) is 7.78. The minimum atomic E-state index is -1.58. The average molecular weight is 279 g/mol. The molecule has 1 atom stereocenters. The van der Waals surface area contributed by atoms with E-state index in [1.165, 1.54) is 0 Å². The number of carbonyl (C=O) groups excluding carboxylic acids is 3. The quantitative estimate of drug-likeness (QED) is 0.653. The summed E-state index contributed by atoms with van der Waals surface area (Å²) < 4.78 is 4.81. The van der Waals surface area contributed by atoms with Gasteiger partial charge in [0.05, 0.1) is 12.0 Å². The lowest BCUT2D eigenvalue weighted by molar-refractivity contribution is -0.310. The monoisotopic (exact) mass is 279 g/mol. The van der Waals surface area contributed by atoms with E-state index in [2.05, 4.69) is 0 Å². The van der Waals surface area contributed by atoms with Crippen molar-refractivity contribution in [2.45, 2.75) is 25.5 Å². The number of amides is 1. The van der Waals surface area contributed by atoms with Crippen molar-refractivity contribution in [3.8, 4) is 0 Å². The first-order valence-corrected chi connectivity index (χ1v) is 5.87. The van der Waals surface area contributed by atoms with Gasteiger partial charge in [-0.1, -0.05) is 30.3 Å². The van der Waals surface area contributed by atoms with E-state index < -0.39 is 30.5 Å². The highest BCUT2D eigenvalue weighted by atomic mass is 16.5. The number of carbonyl (C=O) groups is 3. The van der Waals surface area contributed by atoms with E-state index in [4.69, 9.17) is 4.74 Å². The third kappa shape index (κ3) is 5.85. The van der Waals surface area contributed by atoms with Gasteiger partial charge in [-0.3, -0.25) is 0 Å². The van der Waals surface area contributed by atoms with Crippen molar-refractivity contribution < 1.29 is 29.3 Å². The van der Waals surface area contributed by atoms with Gasteiger partial charge in [-0.15, -0.1) is 0 Å². The molecule has 7 heteroatoms. The predicted octanol–water partition coefficient (Wildman–Crippen LogP) is -1.44. The Kier molecular flexibility index (Phi) is 6.02. The maximum absolute atomic E-state index is 11.4. The molecule has 108 valence electrons. The van der Waals surface area contributed by atoms with Crippen molar-refractivity contribution in [2.75, 3.05) is 0 Å². The molecular weight excluding hydrogens is 266 g/mol. The van der Waals surface area contributed by atoms with Crippen LogP contribution >= 0.6 is 0 Å². The highest BCUT2D eigenvalue weighted by molar-refractivity contribution is 5.79. The Morgan fingerprint density at radius 3 is 2.35 bits per heavy atom. The first-order chi connectivity index (χ1) is 9.49. The molecule has 1 rings (SSSR count). The fourth-order valence-corrected chi connectivity index (χ4v) is 1.42. The van der Waals surface area contributed by atoms with E-state index in [0.29, 0.717) is 0 Å². The van der Waals surface area contributed by atoms with Crippen LogP contribution < -0.4 is 15.5 Å². The number of benzene rings is 1. The number of carboxylic acid groups (broad SMARTS) is 2. The van der Waals surface area contributed by atoms with E-state index in [0.717, 1.165) is 5.56 Å². The van der Waals surface area contributed by atoms with E-state index in [-0.39, 0.29) is 13.0 Å². The number of ether oxygens (including phenoxy) is 1. The molecule has 0 aromatic heterocycles. The lowest BCUT2D eigenvalue weighted by atomic mass is 10.1. The number of aliphatic carboxylic acids is 2. The van der Waals surface area contributed by atoms with Crippen LogP contribution in [0.15, 0.2) is 30.3 Å². The summed E-state index contributed by atoms with van der Waals surface area (Å²) in [5.41, 5.74) is 0.738. The van der Waals surface area contributed by atoms with Gasteiger partial charge in [0.1, 0.15) is 6.61 Å². The largest absolute Gasteiger partial charge is 0.550 e. The molecule has 0 unspecified atom stereocenters. The molecule has 0 saturated heterocycles. The van der Waals surface area contributed by atoms with E-state index in [1.54, 1.807) is 30.3 Å². The average Bonchev–Trinajstić information content (AvgIpc) is 2.41. The van der Waals surface area contributed by atoms with Gasteiger partial charge in [0.2, 0.25) is 0 Å². The molecule has 0 fully saturated rings. The third-order valence-electron chi connectivity index (χ3n) is 2.43. The summed E-state index contributed by atoms with van der Waals surface area (Å²) in [4.78, 5) is 32.4. The van der Waals surface area contributed by atoms with Crippen LogP contribution in [0.2, 0.25) is 0 Å². The Morgan fingerprint density at radius 2 is 1.80 bits per heavy atom. The van der Waals surface area contributed by atoms with Crippen LogP contribution in [0.1, 0.15) is 18.4 Å². The Balaban J connectivity index is 2.41. The standard InChI is InChI=1S/C13H15NO6/c15-11(16)7-6-10(12(17)18)14-13(19)20-8-9-4-2-1-3-5-9/h1-5,10H,6-8H2,(H,14,19)(H,15,16)(H,17,18)/p-2/t10-/m1/s1. The summed E-state index contributed by atoms with van der Waals surface area (Å²) >= 11 is 0. The van der Waals surface area contributed by atoms with E-state index in [1.807, 2.05) is 5.32 Å². The van der Waals surface area contributed by atoms with Crippen molar-refractivity contribution in [3.63, 3.8) is 0 Å². The predicted molar refractivity (Wildman–Crippen MR) is 62.8 cm³/mol. The molecule has 7 nitrogen and oxygen atoms in total. The maximum atomic E-state index is 11.4. The molecule has 0 aliphatic heterocycles. The highest BCUT2D eigenvalue weighted by Crippen LogP contribution is 2.02. The Labute approximate surface area is 115 Å². The van der Waals surface area contributed by atoms with Gasteiger partial charge >= 0.3 is 6.09 Å². The molecule has 0 saturated carbocycles. The number of hydrogen-bond donors (Lipinski definition) is 1. The van der Waals surface area contributed by atoms with Gasteiger partial charge in [0, 0.05) is 5.97 Å². The zero-order valence-corrected chi connectivity index (χ0v) is 10.5. The summed E-state index contributed by atoms with van der Waals surface area (Å²) in [6.45, 7) is -0.0209. The van der Waals surface area contributed by atoms with E-state index >= 15 is 0 Å². The normalized spacial score (nSPS) is 11.4. The molecule has 0 spiro atoms. The second-order valence-corrected chi connectivity index (χ2v) is 3.99. The Bertz CT molecular complexity index is 473. The SMILES string of the molecule is O=C([O-])CC[C@@H](NC(=O)OCc1ccccc1)C(=O)[O-]. The minimum Gasteiger partial charge on any atom is -0.550 e. The Morgan fingerprint density at radius 1 is 1.15 bits per heavy atom. The fourth-order valence-electron chi connectivity index (χ4n) is 1.42. The molecular formula is C13H13NO6-2. The lowest BCUT2D eigenvalue weighted by Crippen LogP contribution is -2.48. The van der Waals surface area contributed by atoms with Gasteiger partial charge in [-0.05, 0) is 18.4 Å². The van der Waals surface area contributed by atoms with Crippen LogP contribution in [0.25, 0.3) is 0 Å². The van der Waals surface area contributed by atoms with Crippen LogP contribution in [0, 0.1) is 0 Å². The molecule has 20 heavy (non-hydrogen) atoms. The van der Waals surface area contributed by atoms with Gasteiger partial charge in [-0.25, -0.2) is 4.79 Å². The first kappa shape index (κ1) is 15.5. The van der Waals surface area contributed by atoms with Gasteiger partial charge in [0.15, 0.2) is 0 Å². The van der Waals surface area contributed by atoms with E-state index in [9.17, 15) is 24.6 Å². The van der Waals surface area contributed by atoms with Crippen molar-refractivity contribution >= 4 is 18.0 Å². The molecule has 1 aromatic rings. The highest BCUT2D eigenvalue weighted by Gasteiger charge is 2.14. The van der Waals surface area contributed by atoms with Crippen LogP contribution in [0.5, 0.6) is 0 Å². The summed E-state index contributed by atoms with van der Waals surface area (Å²) in [5.74, 6) is -2.99. The number of nitrogens with one attached hydrogen (secondary N) is 1. The van der Waals surface area contributed by atoms with Crippen molar-refractivity contribution in [1.29, 1.82) is 0 Å². The summed E-state index contributed by atoms with van der Waals surface area (Å²) in [7, 11) is 0. The fraction of sp³-hybridized carbons (Fsp3) is 0.308. The van der Waals surface area contributed by atoms with Crippen molar-refractivity contribution in [1.82, 2.24) is 5.32 Å². The smallest absolute Gasteiger partial charge is 0.407 e. The van der Waals surface area contributed by atoms with Gasteiger partial charge < -0.3 is 29.9 Å². The zero-order chi connectivity index (χ0) is 15.0. The number of alkyl carbamates (subject to hydrolysis) is 1. The molecule has 0 heterocycles. The van der Waals surface area contributed by atoms with Crippen LogP contribution in [-0.4, -0.2) is 24.1 Å². The third-order valence-corrected chi connectivity index (χ3v) is 2.43. The minimum absolute atomic E-state index is 0.0209. The number of carboxylic acids is 2. The first-order valence-electron chi connectivity index (χ1n) is 5.87. The number of hydrogen-bond acceptors (Lipinski definition) is 6. The number of rotatable bonds is 7. The maximum Gasteiger partial charge on any atom is 0.407 e. The van der Waals surface area contributed by atoms with Gasteiger partial charge in [-0.2, -0.15) is 0 Å². The molecule has 1 aromatic carbocycles. The van der Waals surface area contributed by atoms with Crippen molar-refractivity contribution in [2.24, 2.45) is 0 Å². The molecule has 0 aliphatic rings. The topological polar surface area (TPSA) is 119 Å². The molecule has 0 radical (unpaired) electrons. The van der Waals surface area contributed by atoms with Crippen LogP contribution in [0.4, 0.5) is 4.79 Å². The zero-order valence-electron chi connectivity index (χ0n) is 10.5. The van der Waals surface area contributed by atoms with Gasteiger partial charge in [0.25, 0.3) is 0 Å². The molecule has 1 N–H and O–H groups in total. The Hall–Kier alpha value is -2.57. The van der Waals surface area contributed by atoms with Crippen LogP contribution in [0.3, 0.4) is 0 Å². The lowest BCUT2D eigenvalue weighted by Gasteiger charge is -2.19. The van der Waals surface area contributed by atoms with Crippen LogP contribution in [-0.2, 0) is 20.9 Å². The molecule has 1 amide bonds. The summed E-state index contributed by atoms with van der Waals surface area (Å²) in [6.07, 6.45) is -1.79. The second-order valence-electron chi connectivity index (χ2n) is 3.99. The summed E-state index contributed by atoms with van der Waals surface area (Å²) in [5, 5.41) is 23.0.